The Morgan fingerprint density at radius 1 is 1.03 bits per heavy atom. The molecule has 1 aromatic heterocycles. The average Bonchev–Trinajstić information content (AvgIpc) is 2.73. The number of aryl methyl sites for hydroxylation is 3. The molecule has 0 fully saturated rings. The van der Waals surface area contributed by atoms with Crippen molar-refractivity contribution < 1.29 is 19.1 Å². The van der Waals surface area contributed by atoms with Crippen molar-refractivity contribution >= 4 is 22.5 Å². The van der Waals surface area contributed by atoms with E-state index in [-0.39, 0.29) is 30.9 Å². The molecule has 2 aromatic carbocycles. The molecule has 0 saturated carbocycles. The average molecular weight is 436 g/mol. The molecule has 0 saturated heterocycles. The fourth-order valence-electron chi connectivity index (χ4n) is 3.95. The molecule has 0 aliphatic carbocycles. The van der Waals surface area contributed by atoms with Gasteiger partial charge in [0.1, 0.15) is 5.75 Å². The number of rotatable bonds is 8. The number of esters is 1. The minimum absolute atomic E-state index is 0.00809. The molecule has 0 N–H and O–H groups in total. The van der Waals surface area contributed by atoms with E-state index in [0.717, 1.165) is 22.3 Å². The molecule has 0 radical (unpaired) electrons. The molecule has 1 atom stereocenters. The van der Waals surface area contributed by atoms with Gasteiger partial charge < -0.3 is 14.0 Å². The number of Topliss-reactive ketones (excluding diaryl/α,β-unsaturated/α-hetero) is 1. The molecule has 0 aliphatic heterocycles. The molecule has 1 unspecified atom stereocenters. The standard InChI is InChI=1S/C26H29NO5/c1-6-31-26(30)19(5)32-24-9-7-8-22-21(24)10-11-27(25(22)29)15-20(28)14-23-17(3)12-16(2)13-18(23)4/h7-13,19H,6,14-15H2,1-5H3. The smallest absolute Gasteiger partial charge is 0.347 e. The number of ketones is 1. The number of ether oxygens (including phenoxy) is 2. The van der Waals surface area contributed by atoms with Crippen molar-refractivity contribution in [2.75, 3.05) is 6.61 Å². The number of hydrogen-bond acceptors (Lipinski definition) is 5. The Balaban J connectivity index is 1.84. The Kier molecular flexibility index (Phi) is 7.13. The van der Waals surface area contributed by atoms with Crippen LogP contribution in [0.2, 0.25) is 0 Å². The molecule has 1 heterocycles. The summed E-state index contributed by atoms with van der Waals surface area (Å²) in [4.78, 5) is 37.7. The lowest BCUT2D eigenvalue weighted by Crippen LogP contribution is -2.27. The first-order valence-electron chi connectivity index (χ1n) is 10.7. The van der Waals surface area contributed by atoms with E-state index in [9.17, 15) is 14.4 Å². The largest absolute Gasteiger partial charge is 0.478 e. The van der Waals surface area contributed by atoms with Crippen LogP contribution in [0.15, 0.2) is 47.4 Å². The number of aromatic nitrogens is 1. The summed E-state index contributed by atoms with van der Waals surface area (Å²) in [6.07, 6.45) is 1.08. The second kappa shape index (κ2) is 9.81. The highest BCUT2D eigenvalue weighted by Crippen LogP contribution is 2.24. The number of pyridine rings is 1. The summed E-state index contributed by atoms with van der Waals surface area (Å²) in [5.41, 5.74) is 4.07. The topological polar surface area (TPSA) is 74.6 Å². The normalized spacial score (nSPS) is 11.9. The number of hydrogen-bond donors (Lipinski definition) is 0. The van der Waals surface area contributed by atoms with Crippen LogP contribution in [0, 0.1) is 20.8 Å². The number of nitrogens with zero attached hydrogens (tertiary/aromatic N) is 1. The van der Waals surface area contributed by atoms with Gasteiger partial charge in [0, 0.05) is 18.0 Å². The van der Waals surface area contributed by atoms with Gasteiger partial charge in [-0.3, -0.25) is 9.59 Å². The van der Waals surface area contributed by atoms with Gasteiger partial charge in [-0.1, -0.05) is 23.8 Å². The predicted octanol–water partition coefficient (Wildman–Crippen LogP) is 4.07. The first-order chi connectivity index (χ1) is 15.2. The van der Waals surface area contributed by atoms with Crippen molar-refractivity contribution in [3.05, 3.63) is 75.2 Å². The Bertz CT molecular complexity index is 1200. The van der Waals surface area contributed by atoms with E-state index >= 15 is 0 Å². The van der Waals surface area contributed by atoms with Crippen molar-refractivity contribution in [3.63, 3.8) is 0 Å². The molecule has 168 valence electrons. The monoisotopic (exact) mass is 435 g/mol. The fraction of sp³-hybridized carbons (Fsp3) is 0.346. The maximum absolute atomic E-state index is 13.0. The van der Waals surface area contributed by atoms with Crippen molar-refractivity contribution in [2.45, 2.75) is 53.7 Å². The zero-order valence-electron chi connectivity index (χ0n) is 19.2. The second-order valence-corrected chi connectivity index (χ2v) is 8.07. The van der Waals surface area contributed by atoms with Gasteiger partial charge in [0.15, 0.2) is 11.9 Å². The molecular weight excluding hydrogens is 406 g/mol. The molecular formula is C26H29NO5. The Labute approximate surface area is 187 Å². The minimum Gasteiger partial charge on any atom is -0.478 e. The Morgan fingerprint density at radius 2 is 1.72 bits per heavy atom. The lowest BCUT2D eigenvalue weighted by atomic mass is 9.96. The van der Waals surface area contributed by atoms with Crippen molar-refractivity contribution in [1.82, 2.24) is 4.57 Å². The van der Waals surface area contributed by atoms with Gasteiger partial charge in [0.25, 0.3) is 5.56 Å². The van der Waals surface area contributed by atoms with Crippen LogP contribution in [0.25, 0.3) is 10.8 Å². The van der Waals surface area contributed by atoms with Crippen LogP contribution in [0.5, 0.6) is 5.75 Å². The van der Waals surface area contributed by atoms with Crippen LogP contribution < -0.4 is 10.3 Å². The molecule has 32 heavy (non-hydrogen) atoms. The van der Waals surface area contributed by atoms with Gasteiger partial charge in [-0.15, -0.1) is 0 Å². The van der Waals surface area contributed by atoms with E-state index in [0.29, 0.717) is 16.5 Å². The minimum atomic E-state index is -0.800. The van der Waals surface area contributed by atoms with Gasteiger partial charge in [-0.2, -0.15) is 0 Å². The number of benzene rings is 2. The zero-order chi connectivity index (χ0) is 23.4. The van der Waals surface area contributed by atoms with E-state index in [4.69, 9.17) is 9.47 Å². The fourth-order valence-corrected chi connectivity index (χ4v) is 3.95. The zero-order valence-corrected chi connectivity index (χ0v) is 19.2. The third kappa shape index (κ3) is 5.07. The van der Waals surface area contributed by atoms with E-state index in [1.165, 1.54) is 4.57 Å². The van der Waals surface area contributed by atoms with Gasteiger partial charge in [-0.05, 0) is 69.5 Å². The van der Waals surface area contributed by atoms with Gasteiger partial charge in [0.2, 0.25) is 0 Å². The summed E-state index contributed by atoms with van der Waals surface area (Å²) in [6.45, 7) is 9.63. The highest BCUT2D eigenvalue weighted by atomic mass is 16.6. The first-order valence-corrected chi connectivity index (χ1v) is 10.7. The molecule has 6 heteroatoms. The highest BCUT2D eigenvalue weighted by molar-refractivity contribution is 5.88. The molecule has 0 spiro atoms. The lowest BCUT2D eigenvalue weighted by molar-refractivity contribution is -0.150. The maximum atomic E-state index is 13.0. The molecule has 0 amide bonds. The molecule has 0 bridgehead atoms. The maximum Gasteiger partial charge on any atom is 0.347 e. The van der Waals surface area contributed by atoms with Crippen LogP contribution in [0.4, 0.5) is 0 Å². The number of carbonyl (C=O) groups is 2. The van der Waals surface area contributed by atoms with Gasteiger partial charge >= 0.3 is 5.97 Å². The van der Waals surface area contributed by atoms with Crippen LogP contribution in [-0.2, 0) is 27.3 Å². The summed E-state index contributed by atoms with van der Waals surface area (Å²) in [6, 6.07) is 11.0. The van der Waals surface area contributed by atoms with Crippen molar-refractivity contribution in [1.29, 1.82) is 0 Å². The van der Waals surface area contributed by atoms with Crippen LogP contribution in [0.1, 0.15) is 36.1 Å². The van der Waals surface area contributed by atoms with Gasteiger partial charge in [-0.25, -0.2) is 4.79 Å². The predicted molar refractivity (Wildman–Crippen MR) is 124 cm³/mol. The third-order valence-corrected chi connectivity index (χ3v) is 5.46. The third-order valence-electron chi connectivity index (χ3n) is 5.46. The highest BCUT2D eigenvalue weighted by Gasteiger charge is 2.18. The van der Waals surface area contributed by atoms with E-state index in [1.54, 1.807) is 44.3 Å². The number of carbonyl (C=O) groups excluding carboxylic acids is 2. The van der Waals surface area contributed by atoms with Crippen molar-refractivity contribution in [3.8, 4) is 5.75 Å². The summed E-state index contributed by atoms with van der Waals surface area (Å²) in [5, 5.41) is 1.01. The summed E-state index contributed by atoms with van der Waals surface area (Å²) < 4.78 is 12.1. The van der Waals surface area contributed by atoms with E-state index in [1.807, 2.05) is 20.8 Å². The SMILES string of the molecule is CCOC(=O)C(C)Oc1cccc2c(=O)n(CC(=O)Cc3c(C)cc(C)cc3C)ccc12. The second-order valence-electron chi connectivity index (χ2n) is 8.07. The first kappa shape index (κ1) is 23.3. The Hall–Kier alpha value is -3.41. The summed E-state index contributed by atoms with van der Waals surface area (Å²) in [5.74, 6) is -0.0838. The molecule has 0 aliphatic rings. The molecule has 3 rings (SSSR count). The Morgan fingerprint density at radius 3 is 2.38 bits per heavy atom. The van der Waals surface area contributed by atoms with E-state index in [2.05, 4.69) is 12.1 Å². The lowest BCUT2D eigenvalue weighted by Gasteiger charge is -2.15. The summed E-state index contributed by atoms with van der Waals surface area (Å²) >= 11 is 0. The van der Waals surface area contributed by atoms with Crippen LogP contribution >= 0.6 is 0 Å². The van der Waals surface area contributed by atoms with Crippen LogP contribution in [-0.4, -0.2) is 29.0 Å². The molecule has 3 aromatic rings. The van der Waals surface area contributed by atoms with E-state index < -0.39 is 12.1 Å². The van der Waals surface area contributed by atoms with Crippen LogP contribution in [0.3, 0.4) is 0 Å². The summed E-state index contributed by atoms with van der Waals surface area (Å²) in [7, 11) is 0. The molecule has 6 nitrogen and oxygen atoms in total. The van der Waals surface area contributed by atoms with Gasteiger partial charge in [0.05, 0.1) is 18.5 Å². The van der Waals surface area contributed by atoms with Crippen molar-refractivity contribution in [2.24, 2.45) is 0 Å². The number of fused-ring (bicyclic) bond motifs is 1. The quantitative estimate of drug-likeness (QED) is 0.499.